The lowest BCUT2D eigenvalue weighted by Crippen LogP contribution is -2.63. The zero-order valence-electron chi connectivity index (χ0n) is 22.6. The quantitative estimate of drug-likeness (QED) is 0.579. The molecule has 0 spiro atoms. The van der Waals surface area contributed by atoms with E-state index in [9.17, 15) is 14.7 Å². The first-order chi connectivity index (χ1) is 16.1. The summed E-state index contributed by atoms with van der Waals surface area (Å²) in [4.78, 5) is 25.4. The van der Waals surface area contributed by atoms with Crippen LogP contribution in [0.4, 0.5) is 0 Å². The van der Waals surface area contributed by atoms with E-state index in [0.717, 1.165) is 56.1 Å². The Morgan fingerprint density at radius 2 is 1.63 bits per heavy atom. The van der Waals surface area contributed by atoms with Crippen molar-refractivity contribution < 1.29 is 19.4 Å². The smallest absolute Gasteiger partial charge is 0.223 e. The van der Waals surface area contributed by atoms with Gasteiger partial charge in [-0.2, -0.15) is 0 Å². The summed E-state index contributed by atoms with van der Waals surface area (Å²) in [6, 6.07) is 0. The molecule has 3 N–H and O–H groups in total. The fourth-order valence-electron chi connectivity index (χ4n) is 9.14. The molecule has 0 aromatic heterocycles. The maximum Gasteiger partial charge on any atom is 0.223 e. The van der Waals surface area contributed by atoms with Gasteiger partial charge in [-0.1, -0.05) is 52.3 Å². The van der Waals surface area contributed by atoms with Crippen molar-refractivity contribution >= 4 is 11.7 Å². The minimum Gasteiger partial charge on any atom is -0.382 e. The van der Waals surface area contributed by atoms with Crippen LogP contribution < -0.4 is 5.73 Å². The van der Waals surface area contributed by atoms with E-state index in [4.69, 9.17) is 10.5 Å². The Hall–Kier alpha value is -1.72. The minimum absolute atomic E-state index is 0.0249. The summed E-state index contributed by atoms with van der Waals surface area (Å²) in [7, 11) is 1.57. The second-order valence-electron chi connectivity index (χ2n) is 13.8. The van der Waals surface area contributed by atoms with E-state index in [0.29, 0.717) is 5.92 Å². The van der Waals surface area contributed by atoms with Crippen LogP contribution in [0.15, 0.2) is 34.9 Å². The molecule has 5 nitrogen and oxygen atoms in total. The predicted octanol–water partition coefficient (Wildman–Crippen LogP) is 5.03. The third kappa shape index (κ3) is 2.89. The molecule has 8 atom stereocenters. The molecule has 5 aliphatic carbocycles. The van der Waals surface area contributed by atoms with Gasteiger partial charge in [0.05, 0.1) is 0 Å². The lowest BCUT2D eigenvalue weighted by Gasteiger charge is -2.70. The molecule has 0 saturated heterocycles. The Balaban J connectivity index is 1.65. The Kier molecular flexibility index (Phi) is 5.13. The SMILES string of the molecule is CO[C@@]1(C)C2=CC=C3[C@@](C)(CC[C@@]4(C)[C@@H]5C[C@](C)(C(N)=O)CC[C@]5(C)CC[C@]34C)C2=CC(=O)[C@@H]1O. The van der Waals surface area contributed by atoms with Gasteiger partial charge in [-0.15, -0.1) is 0 Å². The van der Waals surface area contributed by atoms with Crippen LogP contribution in [0.3, 0.4) is 0 Å². The highest BCUT2D eigenvalue weighted by molar-refractivity contribution is 5.99. The van der Waals surface area contributed by atoms with Crippen LogP contribution in [-0.4, -0.2) is 35.6 Å². The lowest BCUT2D eigenvalue weighted by atomic mass is 9.34. The highest BCUT2D eigenvalue weighted by atomic mass is 16.5. The maximum atomic E-state index is 12.9. The van der Waals surface area contributed by atoms with E-state index >= 15 is 0 Å². The molecule has 5 aliphatic rings. The molecule has 35 heavy (non-hydrogen) atoms. The van der Waals surface area contributed by atoms with Gasteiger partial charge in [-0.3, -0.25) is 9.59 Å². The summed E-state index contributed by atoms with van der Waals surface area (Å²) in [6.07, 6.45) is 11.8. The van der Waals surface area contributed by atoms with Crippen molar-refractivity contribution in [2.45, 2.75) is 98.2 Å². The second-order valence-corrected chi connectivity index (χ2v) is 13.8. The molecular weight excluding hydrogens is 438 g/mol. The third-order valence-corrected chi connectivity index (χ3v) is 12.2. The van der Waals surface area contributed by atoms with Crippen LogP contribution in [0, 0.1) is 33.0 Å². The van der Waals surface area contributed by atoms with Gasteiger partial charge in [0.2, 0.25) is 5.91 Å². The normalized spacial score (nSPS) is 51.1. The van der Waals surface area contributed by atoms with Crippen molar-refractivity contribution in [3.8, 4) is 0 Å². The molecule has 3 saturated carbocycles. The molecule has 5 heteroatoms. The van der Waals surface area contributed by atoms with Crippen LogP contribution in [0.25, 0.3) is 0 Å². The number of primary amides is 1. The molecule has 3 fully saturated rings. The van der Waals surface area contributed by atoms with Gasteiger partial charge >= 0.3 is 0 Å². The van der Waals surface area contributed by atoms with E-state index in [-0.39, 0.29) is 33.4 Å². The summed E-state index contributed by atoms with van der Waals surface area (Å²) >= 11 is 0. The Bertz CT molecular complexity index is 1100. The van der Waals surface area contributed by atoms with Crippen molar-refractivity contribution in [3.63, 3.8) is 0 Å². The minimum atomic E-state index is -1.20. The molecule has 0 heterocycles. The first-order valence-corrected chi connectivity index (χ1v) is 13.3. The molecule has 0 bridgehead atoms. The second kappa shape index (κ2) is 7.19. The van der Waals surface area contributed by atoms with Crippen LogP contribution in [-0.2, 0) is 14.3 Å². The monoisotopic (exact) mass is 481 g/mol. The van der Waals surface area contributed by atoms with Crippen molar-refractivity contribution in [2.75, 3.05) is 7.11 Å². The van der Waals surface area contributed by atoms with Crippen molar-refractivity contribution in [1.29, 1.82) is 0 Å². The topological polar surface area (TPSA) is 89.6 Å². The molecule has 5 rings (SSSR count). The van der Waals surface area contributed by atoms with E-state index in [2.05, 4.69) is 46.8 Å². The standard InChI is InChI=1S/C30H43NO4/c1-25-10-11-26(2,24(31)34)17-22(25)29(5)15-13-27(3)19-16-20(32)23(33)30(6,35-7)18(19)8-9-21(27)28(29,4)14-12-25/h8-9,16,22-23,33H,10-15,17H2,1-7H3,(H2,31,34)/t22-,23+,25-,26-,27+,28-,29+,30+/m1/s1. The lowest BCUT2D eigenvalue weighted by molar-refractivity contribution is -0.168. The Labute approximate surface area is 210 Å². The van der Waals surface area contributed by atoms with E-state index in [1.165, 1.54) is 5.57 Å². The first-order valence-electron chi connectivity index (χ1n) is 13.3. The zero-order chi connectivity index (χ0) is 25.8. The molecule has 1 amide bonds. The molecule has 0 unspecified atom stereocenters. The summed E-state index contributed by atoms with van der Waals surface area (Å²) in [5, 5.41) is 10.7. The number of aliphatic hydroxyl groups is 1. The van der Waals surface area contributed by atoms with Gasteiger partial charge in [-0.25, -0.2) is 0 Å². The van der Waals surface area contributed by atoms with Crippen LogP contribution in [0.2, 0.25) is 0 Å². The Morgan fingerprint density at radius 3 is 2.26 bits per heavy atom. The summed E-state index contributed by atoms with van der Waals surface area (Å²) in [5.41, 5.74) is 7.66. The average Bonchev–Trinajstić information content (AvgIpc) is 2.81. The van der Waals surface area contributed by atoms with Crippen molar-refractivity contribution in [1.82, 2.24) is 0 Å². The van der Waals surface area contributed by atoms with E-state index < -0.39 is 17.1 Å². The Morgan fingerprint density at radius 1 is 0.971 bits per heavy atom. The van der Waals surface area contributed by atoms with Crippen molar-refractivity contribution in [3.05, 3.63) is 34.9 Å². The summed E-state index contributed by atoms with van der Waals surface area (Å²) < 4.78 is 5.78. The van der Waals surface area contributed by atoms with Gasteiger partial charge in [0, 0.05) is 17.9 Å². The number of allylic oxidation sites excluding steroid dienone is 3. The predicted molar refractivity (Wildman–Crippen MR) is 136 cm³/mol. The number of ketones is 1. The fourth-order valence-corrected chi connectivity index (χ4v) is 9.14. The third-order valence-electron chi connectivity index (χ3n) is 12.2. The average molecular weight is 482 g/mol. The summed E-state index contributed by atoms with van der Waals surface area (Å²) in [5.74, 6) is -0.0316. The zero-order valence-corrected chi connectivity index (χ0v) is 22.6. The first kappa shape index (κ1) is 25.0. The maximum absolute atomic E-state index is 12.9. The van der Waals surface area contributed by atoms with Crippen molar-refractivity contribution in [2.24, 2.45) is 38.7 Å². The molecule has 0 aromatic carbocycles. The molecule has 0 aliphatic heterocycles. The van der Waals surface area contributed by atoms with E-state index in [1.807, 2.05) is 6.92 Å². The van der Waals surface area contributed by atoms with Gasteiger partial charge in [0.15, 0.2) is 5.78 Å². The van der Waals surface area contributed by atoms with Crippen LogP contribution in [0.1, 0.15) is 86.5 Å². The largest absolute Gasteiger partial charge is 0.382 e. The fraction of sp³-hybridized carbons (Fsp3) is 0.733. The molecule has 192 valence electrons. The number of nitrogens with two attached hydrogens (primary N) is 1. The number of fused-ring (bicyclic) bond motifs is 7. The van der Waals surface area contributed by atoms with Gasteiger partial charge < -0.3 is 15.6 Å². The number of methoxy groups -OCH3 is 1. The number of hydrogen-bond acceptors (Lipinski definition) is 4. The molecule has 0 radical (unpaired) electrons. The number of carbonyl (C=O) groups is 2. The highest BCUT2D eigenvalue weighted by Gasteiger charge is 2.67. The van der Waals surface area contributed by atoms with Crippen LogP contribution in [0.5, 0.6) is 0 Å². The number of carbonyl (C=O) groups excluding carboxylic acids is 2. The molecule has 0 aromatic rings. The van der Waals surface area contributed by atoms with Gasteiger partial charge in [0.1, 0.15) is 11.7 Å². The number of aliphatic hydroxyl groups excluding tert-OH is 1. The highest BCUT2D eigenvalue weighted by Crippen LogP contribution is 2.75. The van der Waals surface area contributed by atoms with Gasteiger partial charge in [0.25, 0.3) is 0 Å². The number of hydrogen-bond donors (Lipinski definition) is 2. The van der Waals surface area contributed by atoms with Crippen LogP contribution >= 0.6 is 0 Å². The van der Waals surface area contributed by atoms with E-state index in [1.54, 1.807) is 13.2 Å². The number of ether oxygens (including phenoxy) is 1. The molecular formula is C30H43NO4. The number of rotatable bonds is 2. The number of amides is 1. The summed E-state index contributed by atoms with van der Waals surface area (Å²) in [6.45, 7) is 13.5. The van der Waals surface area contributed by atoms with Gasteiger partial charge in [-0.05, 0) is 91.3 Å².